The highest BCUT2D eigenvalue weighted by atomic mass is 16.1. The molecule has 0 aliphatic carbocycles. The molecule has 1 heterocycles. The monoisotopic (exact) mass is 273 g/mol. The van der Waals surface area contributed by atoms with Gasteiger partial charge in [0.15, 0.2) is 0 Å². The standard InChI is InChI=1S/C16H23N3O/c1-2-3-4-5-6-7-8-9-10-11-16(20)19-15-12-13-17-14-18-15/h8-14H,2-7H2,1H3,(H,17,18,19,20)/b9-8+,11-10+. The van der Waals surface area contributed by atoms with Crippen molar-refractivity contribution in [3.8, 4) is 0 Å². The van der Waals surface area contributed by atoms with Crippen LogP contribution in [0.5, 0.6) is 0 Å². The van der Waals surface area contributed by atoms with E-state index in [1.807, 2.05) is 6.08 Å². The van der Waals surface area contributed by atoms with Crippen molar-refractivity contribution in [3.05, 3.63) is 42.9 Å². The Morgan fingerprint density at radius 2 is 2.10 bits per heavy atom. The zero-order chi connectivity index (χ0) is 14.5. The summed E-state index contributed by atoms with van der Waals surface area (Å²) in [5.74, 6) is 0.325. The Morgan fingerprint density at radius 1 is 1.25 bits per heavy atom. The maximum Gasteiger partial charge on any atom is 0.249 e. The van der Waals surface area contributed by atoms with Crippen LogP contribution in [0.25, 0.3) is 0 Å². The Bertz CT molecular complexity index is 427. The summed E-state index contributed by atoms with van der Waals surface area (Å²) in [7, 11) is 0. The van der Waals surface area contributed by atoms with Crippen LogP contribution in [0.15, 0.2) is 42.9 Å². The lowest BCUT2D eigenvalue weighted by Gasteiger charge is -1.98. The zero-order valence-electron chi connectivity index (χ0n) is 12.1. The van der Waals surface area contributed by atoms with Gasteiger partial charge in [-0.25, -0.2) is 9.97 Å². The third-order valence-corrected chi connectivity index (χ3v) is 2.80. The van der Waals surface area contributed by atoms with Gasteiger partial charge in [-0.2, -0.15) is 0 Å². The highest BCUT2D eigenvalue weighted by Gasteiger charge is 1.96. The summed E-state index contributed by atoms with van der Waals surface area (Å²) in [4.78, 5) is 19.2. The molecule has 4 heteroatoms. The number of hydrogen-bond donors (Lipinski definition) is 1. The molecule has 0 spiro atoms. The van der Waals surface area contributed by atoms with E-state index in [2.05, 4.69) is 28.3 Å². The van der Waals surface area contributed by atoms with E-state index in [0.29, 0.717) is 5.82 Å². The van der Waals surface area contributed by atoms with Crippen LogP contribution < -0.4 is 5.32 Å². The summed E-state index contributed by atoms with van der Waals surface area (Å²) < 4.78 is 0. The van der Waals surface area contributed by atoms with Gasteiger partial charge in [-0.15, -0.1) is 0 Å². The van der Waals surface area contributed by atoms with Gasteiger partial charge in [0.05, 0.1) is 0 Å². The van der Waals surface area contributed by atoms with Gasteiger partial charge < -0.3 is 5.32 Å². The van der Waals surface area contributed by atoms with Crippen LogP contribution in [-0.4, -0.2) is 15.9 Å². The molecule has 0 radical (unpaired) electrons. The molecule has 1 amide bonds. The molecule has 1 rings (SSSR count). The quantitative estimate of drug-likeness (QED) is 0.422. The van der Waals surface area contributed by atoms with Crippen molar-refractivity contribution >= 4 is 11.7 Å². The van der Waals surface area contributed by atoms with E-state index in [4.69, 9.17) is 0 Å². The van der Waals surface area contributed by atoms with Crippen LogP contribution in [0.1, 0.15) is 45.4 Å². The fourth-order valence-electron chi connectivity index (χ4n) is 1.72. The Labute approximate surface area is 121 Å². The van der Waals surface area contributed by atoms with Crippen molar-refractivity contribution in [2.24, 2.45) is 0 Å². The lowest BCUT2D eigenvalue weighted by molar-refractivity contribution is -0.111. The molecule has 0 fully saturated rings. The molecule has 0 aliphatic rings. The molecule has 0 aliphatic heterocycles. The number of hydrogen-bond acceptors (Lipinski definition) is 3. The number of aromatic nitrogens is 2. The predicted octanol–water partition coefficient (Wildman–Crippen LogP) is 3.89. The van der Waals surface area contributed by atoms with E-state index >= 15 is 0 Å². The minimum atomic E-state index is -0.184. The number of allylic oxidation sites excluding steroid dienone is 3. The van der Waals surface area contributed by atoms with E-state index in [1.165, 1.54) is 44.5 Å². The topological polar surface area (TPSA) is 54.9 Å². The van der Waals surface area contributed by atoms with E-state index in [0.717, 1.165) is 6.42 Å². The number of unbranched alkanes of at least 4 members (excludes halogenated alkanes) is 5. The molecule has 0 saturated heterocycles. The summed E-state index contributed by atoms with van der Waals surface area (Å²) in [6, 6.07) is 1.65. The third kappa shape index (κ3) is 8.19. The number of carbonyl (C=O) groups excluding carboxylic acids is 1. The molecular weight excluding hydrogens is 250 g/mol. The molecular formula is C16H23N3O. The van der Waals surface area contributed by atoms with E-state index < -0.39 is 0 Å². The average molecular weight is 273 g/mol. The number of carbonyl (C=O) groups is 1. The van der Waals surface area contributed by atoms with Crippen molar-refractivity contribution in [1.82, 2.24) is 9.97 Å². The first-order valence-electron chi connectivity index (χ1n) is 7.23. The fraction of sp³-hybridized carbons (Fsp3) is 0.438. The van der Waals surface area contributed by atoms with Gasteiger partial charge in [0, 0.05) is 12.3 Å². The first-order valence-corrected chi connectivity index (χ1v) is 7.23. The first-order chi connectivity index (χ1) is 9.83. The van der Waals surface area contributed by atoms with Crippen LogP contribution in [0.4, 0.5) is 5.82 Å². The molecule has 0 bridgehead atoms. The molecule has 1 aromatic rings. The summed E-state index contributed by atoms with van der Waals surface area (Å²) in [5, 5.41) is 2.66. The molecule has 1 N–H and O–H groups in total. The second-order valence-corrected chi connectivity index (χ2v) is 4.57. The van der Waals surface area contributed by atoms with Crippen molar-refractivity contribution in [2.45, 2.75) is 45.4 Å². The van der Waals surface area contributed by atoms with Crippen LogP contribution in [0.3, 0.4) is 0 Å². The van der Waals surface area contributed by atoms with Gasteiger partial charge in [-0.3, -0.25) is 4.79 Å². The predicted molar refractivity (Wildman–Crippen MR) is 82.3 cm³/mol. The maximum atomic E-state index is 11.5. The maximum absolute atomic E-state index is 11.5. The normalized spacial score (nSPS) is 11.2. The lowest BCUT2D eigenvalue weighted by Crippen LogP contribution is -2.08. The van der Waals surface area contributed by atoms with E-state index in [9.17, 15) is 4.79 Å². The molecule has 0 unspecified atom stereocenters. The van der Waals surface area contributed by atoms with Gasteiger partial charge in [0.2, 0.25) is 5.91 Å². The molecule has 20 heavy (non-hydrogen) atoms. The number of anilines is 1. The second-order valence-electron chi connectivity index (χ2n) is 4.57. The summed E-state index contributed by atoms with van der Waals surface area (Å²) in [6.07, 6.45) is 17.8. The second kappa shape index (κ2) is 10.9. The number of rotatable bonds is 9. The summed E-state index contributed by atoms with van der Waals surface area (Å²) in [6.45, 7) is 2.22. The van der Waals surface area contributed by atoms with Crippen molar-refractivity contribution in [1.29, 1.82) is 0 Å². The number of nitrogens with one attached hydrogen (secondary N) is 1. The number of nitrogens with zero attached hydrogens (tertiary/aromatic N) is 2. The van der Waals surface area contributed by atoms with Crippen LogP contribution in [-0.2, 0) is 4.79 Å². The molecule has 4 nitrogen and oxygen atoms in total. The number of amides is 1. The average Bonchev–Trinajstić information content (AvgIpc) is 2.46. The molecule has 108 valence electrons. The fourth-order valence-corrected chi connectivity index (χ4v) is 1.72. The Balaban J connectivity index is 2.12. The summed E-state index contributed by atoms with van der Waals surface area (Å²) >= 11 is 0. The Morgan fingerprint density at radius 3 is 2.85 bits per heavy atom. The van der Waals surface area contributed by atoms with Gasteiger partial charge in [-0.05, 0) is 18.9 Å². The minimum Gasteiger partial charge on any atom is -0.307 e. The highest BCUT2D eigenvalue weighted by Crippen LogP contribution is 2.05. The zero-order valence-corrected chi connectivity index (χ0v) is 12.1. The van der Waals surface area contributed by atoms with Gasteiger partial charge >= 0.3 is 0 Å². The summed E-state index contributed by atoms with van der Waals surface area (Å²) in [5.41, 5.74) is 0. The first kappa shape index (κ1) is 16.1. The highest BCUT2D eigenvalue weighted by molar-refractivity contribution is 5.98. The van der Waals surface area contributed by atoms with Crippen molar-refractivity contribution < 1.29 is 4.79 Å². The van der Waals surface area contributed by atoms with Crippen LogP contribution in [0.2, 0.25) is 0 Å². The third-order valence-electron chi connectivity index (χ3n) is 2.80. The molecule has 1 aromatic heterocycles. The van der Waals surface area contributed by atoms with Crippen LogP contribution in [0, 0.1) is 0 Å². The Hall–Kier alpha value is -1.97. The van der Waals surface area contributed by atoms with Gasteiger partial charge in [0.25, 0.3) is 0 Å². The molecule has 0 atom stereocenters. The van der Waals surface area contributed by atoms with Gasteiger partial charge in [-0.1, -0.05) is 50.8 Å². The molecule has 0 saturated carbocycles. The SMILES string of the molecule is CCCCCCC/C=C/C=C/C(=O)Nc1ccncn1. The minimum absolute atomic E-state index is 0.184. The van der Waals surface area contributed by atoms with Gasteiger partial charge in [0.1, 0.15) is 12.1 Å². The molecule has 0 aromatic carbocycles. The van der Waals surface area contributed by atoms with Crippen molar-refractivity contribution in [2.75, 3.05) is 5.32 Å². The van der Waals surface area contributed by atoms with Crippen LogP contribution >= 0.6 is 0 Å². The Kier molecular flexibility index (Phi) is 8.77. The largest absolute Gasteiger partial charge is 0.307 e. The van der Waals surface area contributed by atoms with Crippen molar-refractivity contribution in [3.63, 3.8) is 0 Å². The lowest BCUT2D eigenvalue weighted by atomic mass is 10.1. The van der Waals surface area contributed by atoms with E-state index in [1.54, 1.807) is 18.3 Å². The smallest absolute Gasteiger partial charge is 0.249 e. The van der Waals surface area contributed by atoms with E-state index in [-0.39, 0.29) is 5.91 Å².